The van der Waals surface area contributed by atoms with Crippen LogP contribution in [0.15, 0.2) is 107 Å². The molecule has 1 aliphatic rings. The number of carbonyl (C=O) groups excluding carboxylic acids is 3. The summed E-state index contributed by atoms with van der Waals surface area (Å²) in [6.45, 7) is 1.08. The summed E-state index contributed by atoms with van der Waals surface area (Å²) < 4.78 is 24.3. The van der Waals surface area contributed by atoms with Crippen LogP contribution in [-0.2, 0) is 18.9 Å². The van der Waals surface area contributed by atoms with Crippen molar-refractivity contribution < 1.29 is 33.3 Å². The molecule has 214 valence electrons. The van der Waals surface area contributed by atoms with E-state index in [-0.39, 0.29) is 22.3 Å². The van der Waals surface area contributed by atoms with Crippen LogP contribution in [0, 0.1) is 6.92 Å². The fourth-order valence-corrected chi connectivity index (χ4v) is 4.46. The van der Waals surface area contributed by atoms with Crippen LogP contribution >= 0.6 is 0 Å². The standard InChI is InChI=1S/C31H26N2O9/c1-19-17-33(31(38)32-26(19)34)27-25(42-30(37)22-15-9-4-10-16-22)24(41-29(36)21-13-7-3-8-14-21)23(40-27)18-39-28(35)20-11-5-2-6-12-20/h2-17,23-25,27H,18H2,1H3,(H,32,34,38)/t23-,24+,25+,27-/m0/s1. The molecule has 11 heteroatoms. The molecule has 3 aromatic carbocycles. The molecule has 0 bridgehead atoms. The Morgan fingerprint density at radius 3 is 1.74 bits per heavy atom. The van der Waals surface area contributed by atoms with Gasteiger partial charge in [-0.25, -0.2) is 19.2 Å². The molecular formula is C31H26N2O9. The lowest BCUT2D eigenvalue weighted by atomic mass is 10.1. The van der Waals surface area contributed by atoms with Crippen molar-refractivity contribution >= 4 is 17.9 Å². The topological polar surface area (TPSA) is 143 Å². The lowest BCUT2D eigenvalue weighted by molar-refractivity contribution is -0.0640. The van der Waals surface area contributed by atoms with Gasteiger partial charge in [0.1, 0.15) is 12.7 Å². The van der Waals surface area contributed by atoms with Gasteiger partial charge in [-0.05, 0) is 43.3 Å². The van der Waals surface area contributed by atoms with E-state index >= 15 is 0 Å². The number of nitrogens with one attached hydrogen (secondary N) is 1. The van der Waals surface area contributed by atoms with Gasteiger partial charge in [-0.1, -0.05) is 54.6 Å². The maximum Gasteiger partial charge on any atom is 0.338 e. The van der Waals surface area contributed by atoms with Crippen LogP contribution in [0.3, 0.4) is 0 Å². The average molecular weight is 571 g/mol. The molecule has 1 aliphatic heterocycles. The summed E-state index contributed by atoms with van der Waals surface area (Å²) in [6.07, 6.45) is -3.96. The van der Waals surface area contributed by atoms with Gasteiger partial charge in [0.05, 0.1) is 16.7 Å². The van der Waals surface area contributed by atoms with Gasteiger partial charge in [0.2, 0.25) is 0 Å². The van der Waals surface area contributed by atoms with Crippen LogP contribution in [0.25, 0.3) is 0 Å². The van der Waals surface area contributed by atoms with Crippen molar-refractivity contribution in [2.75, 3.05) is 6.61 Å². The first-order chi connectivity index (χ1) is 20.3. The van der Waals surface area contributed by atoms with Crippen molar-refractivity contribution in [2.24, 2.45) is 0 Å². The molecule has 5 rings (SSSR count). The van der Waals surface area contributed by atoms with Gasteiger partial charge in [0, 0.05) is 11.8 Å². The van der Waals surface area contributed by atoms with Crippen molar-refractivity contribution in [1.29, 1.82) is 0 Å². The molecule has 0 saturated carbocycles. The third kappa shape index (κ3) is 6.21. The molecular weight excluding hydrogens is 544 g/mol. The number of H-pyrrole nitrogens is 1. The molecule has 0 radical (unpaired) electrons. The summed E-state index contributed by atoms with van der Waals surface area (Å²) in [5, 5.41) is 0. The van der Waals surface area contributed by atoms with E-state index in [1.807, 2.05) is 0 Å². The van der Waals surface area contributed by atoms with E-state index < -0.39 is 60.3 Å². The summed E-state index contributed by atoms with van der Waals surface area (Å²) in [7, 11) is 0. The molecule has 1 saturated heterocycles. The predicted octanol–water partition coefficient (Wildman–Crippen LogP) is 3.05. The van der Waals surface area contributed by atoms with Gasteiger partial charge in [0.15, 0.2) is 18.4 Å². The Morgan fingerprint density at radius 2 is 1.21 bits per heavy atom. The lowest BCUT2D eigenvalue weighted by Crippen LogP contribution is -2.43. The minimum atomic E-state index is -1.38. The van der Waals surface area contributed by atoms with Crippen LogP contribution in [0.5, 0.6) is 0 Å². The van der Waals surface area contributed by atoms with Crippen molar-refractivity contribution in [3.05, 3.63) is 140 Å². The third-order valence-corrected chi connectivity index (χ3v) is 6.60. The minimum absolute atomic E-state index is 0.183. The van der Waals surface area contributed by atoms with Crippen LogP contribution in [0.4, 0.5) is 0 Å². The zero-order chi connectivity index (χ0) is 29.6. The summed E-state index contributed by atoms with van der Waals surface area (Å²) in [4.78, 5) is 66.2. The number of aromatic nitrogens is 2. The summed E-state index contributed by atoms with van der Waals surface area (Å²) >= 11 is 0. The Hall–Kier alpha value is -5.29. The number of aromatic amines is 1. The lowest BCUT2D eigenvalue weighted by Gasteiger charge is -2.25. The Balaban J connectivity index is 1.52. The average Bonchev–Trinajstić information content (AvgIpc) is 3.34. The molecule has 1 fully saturated rings. The van der Waals surface area contributed by atoms with Gasteiger partial charge in [-0.2, -0.15) is 0 Å². The highest BCUT2D eigenvalue weighted by atomic mass is 16.7. The normalized spacial score (nSPS) is 19.5. The van der Waals surface area contributed by atoms with E-state index in [1.165, 1.54) is 25.3 Å². The Morgan fingerprint density at radius 1 is 0.738 bits per heavy atom. The molecule has 4 aromatic rings. The molecule has 4 atom stereocenters. The molecule has 0 unspecified atom stereocenters. The van der Waals surface area contributed by atoms with Crippen LogP contribution in [-0.4, -0.2) is 52.4 Å². The van der Waals surface area contributed by atoms with E-state index in [0.29, 0.717) is 0 Å². The van der Waals surface area contributed by atoms with Crippen molar-refractivity contribution in [1.82, 2.24) is 9.55 Å². The van der Waals surface area contributed by atoms with E-state index in [1.54, 1.807) is 78.9 Å². The zero-order valence-corrected chi connectivity index (χ0v) is 22.4. The number of carbonyl (C=O) groups is 3. The van der Waals surface area contributed by atoms with Gasteiger partial charge < -0.3 is 18.9 Å². The summed E-state index contributed by atoms with van der Waals surface area (Å²) in [5.41, 5.74) is -0.564. The fraction of sp³-hybridized carbons (Fsp3) is 0.194. The predicted molar refractivity (Wildman–Crippen MR) is 148 cm³/mol. The summed E-state index contributed by atoms with van der Waals surface area (Å²) in [5.74, 6) is -2.19. The SMILES string of the molecule is Cc1cn([C@H]2O[C@@H](COC(=O)c3ccccc3)[C@@H](OC(=O)c3ccccc3)[C@H]2OC(=O)c2ccccc2)c(=O)[nH]c1=O. The highest BCUT2D eigenvalue weighted by Gasteiger charge is 2.51. The monoisotopic (exact) mass is 570 g/mol. The molecule has 0 spiro atoms. The highest BCUT2D eigenvalue weighted by Crippen LogP contribution is 2.34. The van der Waals surface area contributed by atoms with Gasteiger partial charge in [-0.3, -0.25) is 14.3 Å². The van der Waals surface area contributed by atoms with Crippen molar-refractivity contribution in [3.8, 4) is 0 Å². The Bertz CT molecular complexity index is 1680. The molecule has 2 heterocycles. The number of aryl methyl sites for hydroxylation is 1. The van der Waals surface area contributed by atoms with Gasteiger partial charge in [0.25, 0.3) is 5.56 Å². The number of ether oxygens (including phenoxy) is 4. The maximum atomic E-state index is 13.2. The quantitative estimate of drug-likeness (QED) is 0.250. The zero-order valence-electron chi connectivity index (χ0n) is 22.4. The van der Waals surface area contributed by atoms with E-state index in [2.05, 4.69) is 4.98 Å². The van der Waals surface area contributed by atoms with E-state index in [0.717, 1.165) is 4.57 Å². The first kappa shape index (κ1) is 28.2. The number of benzene rings is 3. The number of esters is 3. The Kier molecular flexibility index (Phi) is 8.39. The molecule has 0 aliphatic carbocycles. The van der Waals surface area contributed by atoms with Gasteiger partial charge in [-0.15, -0.1) is 0 Å². The molecule has 1 aromatic heterocycles. The van der Waals surface area contributed by atoms with Gasteiger partial charge >= 0.3 is 23.6 Å². The number of hydrogen-bond donors (Lipinski definition) is 1. The maximum absolute atomic E-state index is 13.2. The molecule has 1 N–H and O–H groups in total. The second kappa shape index (κ2) is 12.5. The molecule has 11 nitrogen and oxygen atoms in total. The third-order valence-electron chi connectivity index (χ3n) is 6.60. The Labute approximate surface area is 239 Å². The van der Waals surface area contributed by atoms with Crippen LogP contribution < -0.4 is 11.2 Å². The first-order valence-electron chi connectivity index (χ1n) is 13.0. The van der Waals surface area contributed by atoms with E-state index in [4.69, 9.17) is 18.9 Å². The van der Waals surface area contributed by atoms with E-state index in [9.17, 15) is 24.0 Å². The van der Waals surface area contributed by atoms with Crippen LogP contribution in [0.1, 0.15) is 42.9 Å². The number of rotatable bonds is 8. The van der Waals surface area contributed by atoms with Crippen molar-refractivity contribution in [3.63, 3.8) is 0 Å². The number of nitrogens with zero attached hydrogens (tertiary/aromatic N) is 1. The second-order valence-electron chi connectivity index (χ2n) is 9.48. The first-order valence-corrected chi connectivity index (χ1v) is 13.0. The minimum Gasteiger partial charge on any atom is -0.459 e. The largest absolute Gasteiger partial charge is 0.459 e. The number of hydrogen-bond acceptors (Lipinski definition) is 9. The fourth-order valence-electron chi connectivity index (χ4n) is 4.46. The van der Waals surface area contributed by atoms with Crippen LogP contribution in [0.2, 0.25) is 0 Å². The second-order valence-corrected chi connectivity index (χ2v) is 9.48. The smallest absolute Gasteiger partial charge is 0.338 e. The highest BCUT2D eigenvalue weighted by molar-refractivity contribution is 5.91. The van der Waals surface area contributed by atoms with Crippen molar-refractivity contribution in [2.45, 2.75) is 31.5 Å². The molecule has 0 amide bonds. The summed E-state index contributed by atoms with van der Waals surface area (Å²) in [6, 6.07) is 24.4. The molecule has 42 heavy (non-hydrogen) atoms.